The van der Waals surface area contributed by atoms with E-state index in [0.29, 0.717) is 5.88 Å². The number of fused-ring (bicyclic) bond motifs is 3. The van der Waals surface area contributed by atoms with Crippen LogP contribution in [0.25, 0.3) is 10.2 Å². The van der Waals surface area contributed by atoms with Crippen LogP contribution in [0.2, 0.25) is 0 Å². The van der Waals surface area contributed by atoms with Crippen molar-refractivity contribution >= 4 is 44.9 Å². The van der Waals surface area contributed by atoms with E-state index in [4.69, 9.17) is 4.74 Å². The number of thiophene rings is 1. The van der Waals surface area contributed by atoms with Gasteiger partial charge in [-0.15, -0.1) is 23.1 Å². The van der Waals surface area contributed by atoms with Crippen LogP contribution in [0.3, 0.4) is 0 Å². The summed E-state index contributed by atoms with van der Waals surface area (Å²) in [6.45, 7) is -0.0692. The average molecular weight is 371 g/mol. The molecule has 1 aromatic carbocycles. The van der Waals surface area contributed by atoms with Gasteiger partial charge in [0, 0.05) is 15.5 Å². The summed E-state index contributed by atoms with van der Waals surface area (Å²) < 4.78 is 5.73. The van der Waals surface area contributed by atoms with Gasteiger partial charge < -0.3 is 10.1 Å². The van der Waals surface area contributed by atoms with Gasteiger partial charge in [0.15, 0.2) is 6.61 Å². The molecule has 2 heterocycles. The zero-order valence-electron chi connectivity index (χ0n) is 13.7. The van der Waals surface area contributed by atoms with Crippen LogP contribution in [0.5, 0.6) is 5.88 Å². The number of benzene rings is 1. The molecule has 3 aromatic rings. The zero-order chi connectivity index (χ0) is 17.2. The van der Waals surface area contributed by atoms with Gasteiger partial charge in [-0.05, 0) is 49.3 Å². The van der Waals surface area contributed by atoms with Crippen molar-refractivity contribution in [2.45, 2.75) is 24.2 Å². The average Bonchev–Trinajstić information content (AvgIpc) is 3.21. The normalized spacial score (nSPS) is 13.0. The van der Waals surface area contributed by atoms with E-state index in [1.54, 1.807) is 23.1 Å². The quantitative estimate of drug-likeness (QED) is 0.689. The second kappa shape index (κ2) is 7.01. The standard InChI is InChI=1S/C18H17N3O2S2/c1-24-12-5-2-4-11(8-12)21-15(22)9-23-17-16-13-6-3-7-14(13)25-18(16)20-10-19-17/h2,4-5,8,10H,3,6-7,9H2,1H3,(H,21,22). The van der Waals surface area contributed by atoms with Crippen molar-refractivity contribution in [3.05, 3.63) is 41.0 Å². The fourth-order valence-electron chi connectivity index (χ4n) is 3.04. The SMILES string of the molecule is CSc1cccc(NC(=O)COc2ncnc3sc4c(c23)CCC4)c1. The number of thioether (sulfide) groups is 1. The number of hydrogen-bond acceptors (Lipinski definition) is 6. The van der Waals surface area contributed by atoms with E-state index in [0.717, 1.165) is 40.1 Å². The monoisotopic (exact) mass is 371 g/mol. The Kier molecular flexibility index (Phi) is 4.59. The first kappa shape index (κ1) is 16.4. The van der Waals surface area contributed by atoms with Crippen LogP contribution in [-0.2, 0) is 17.6 Å². The van der Waals surface area contributed by atoms with Crippen molar-refractivity contribution in [1.29, 1.82) is 0 Å². The van der Waals surface area contributed by atoms with E-state index >= 15 is 0 Å². The summed E-state index contributed by atoms with van der Waals surface area (Å²) in [6, 6.07) is 7.74. The predicted octanol–water partition coefficient (Wildman–Crippen LogP) is 3.92. The number of anilines is 1. The van der Waals surface area contributed by atoms with Crippen molar-refractivity contribution in [2.24, 2.45) is 0 Å². The third-order valence-corrected chi connectivity index (χ3v) is 6.09. The Morgan fingerprint density at radius 1 is 1.36 bits per heavy atom. The lowest BCUT2D eigenvalue weighted by Gasteiger charge is -2.09. The Balaban J connectivity index is 1.48. The molecule has 0 atom stereocenters. The largest absolute Gasteiger partial charge is 0.467 e. The molecule has 0 bridgehead atoms. The third-order valence-electron chi connectivity index (χ3n) is 4.16. The van der Waals surface area contributed by atoms with Crippen molar-refractivity contribution in [3.8, 4) is 5.88 Å². The molecule has 4 rings (SSSR count). The number of carbonyl (C=O) groups is 1. The number of nitrogens with zero attached hydrogens (tertiary/aromatic N) is 2. The Bertz CT molecular complexity index is 939. The van der Waals surface area contributed by atoms with Crippen LogP contribution >= 0.6 is 23.1 Å². The molecular formula is C18H17N3O2S2. The van der Waals surface area contributed by atoms with E-state index in [9.17, 15) is 4.79 Å². The van der Waals surface area contributed by atoms with E-state index in [-0.39, 0.29) is 12.5 Å². The smallest absolute Gasteiger partial charge is 0.262 e. The van der Waals surface area contributed by atoms with Crippen LogP contribution in [0.4, 0.5) is 5.69 Å². The molecule has 0 fully saturated rings. The highest BCUT2D eigenvalue weighted by atomic mass is 32.2. The number of aryl methyl sites for hydroxylation is 2. The number of aromatic nitrogens is 2. The first-order valence-electron chi connectivity index (χ1n) is 8.06. The summed E-state index contributed by atoms with van der Waals surface area (Å²) in [6.07, 6.45) is 6.80. The van der Waals surface area contributed by atoms with E-state index < -0.39 is 0 Å². The third kappa shape index (κ3) is 3.34. The van der Waals surface area contributed by atoms with Crippen molar-refractivity contribution in [2.75, 3.05) is 18.2 Å². The van der Waals surface area contributed by atoms with E-state index in [1.807, 2.05) is 30.5 Å². The highest BCUT2D eigenvalue weighted by Gasteiger charge is 2.22. The van der Waals surface area contributed by atoms with Gasteiger partial charge in [0.2, 0.25) is 5.88 Å². The van der Waals surface area contributed by atoms with Crippen molar-refractivity contribution in [1.82, 2.24) is 9.97 Å². The molecule has 128 valence electrons. The Morgan fingerprint density at radius 2 is 2.28 bits per heavy atom. The van der Waals surface area contributed by atoms with Crippen molar-refractivity contribution < 1.29 is 9.53 Å². The molecule has 0 radical (unpaired) electrons. The number of nitrogens with one attached hydrogen (secondary N) is 1. The number of amides is 1. The Morgan fingerprint density at radius 3 is 3.16 bits per heavy atom. The van der Waals surface area contributed by atoms with Crippen LogP contribution in [0.15, 0.2) is 35.5 Å². The zero-order valence-corrected chi connectivity index (χ0v) is 15.4. The first-order chi connectivity index (χ1) is 12.2. The van der Waals surface area contributed by atoms with Gasteiger partial charge in [0.25, 0.3) is 5.91 Å². The molecule has 1 amide bonds. The maximum Gasteiger partial charge on any atom is 0.262 e. The number of carbonyl (C=O) groups excluding carboxylic acids is 1. The predicted molar refractivity (Wildman–Crippen MR) is 102 cm³/mol. The summed E-state index contributed by atoms with van der Waals surface area (Å²) in [5.41, 5.74) is 2.06. The number of hydrogen-bond donors (Lipinski definition) is 1. The van der Waals surface area contributed by atoms with Gasteiger partial charge >= 0.3 is 0 Å². The molecule has 0 aliphatic heterocycles. The molecule has 0 saturated carbocycles. The van der Waals surface area contributed by atoms with Gasteiger partial charge in [-0.3, -0.25) is 4.79 Å². The summed E-state index contributed by atoms with van der Waals surface area (Å²) in [5, 5.41) is 3.85. The minimum Gasteiger partial charge on any atom is -0.467 e. The van der Waals surface area contributed by atoms with Gasteiger partial charge in [-0.25, -0.2) is 9.97 Å². The van der Waals surface area contributed by atoms with Gasteiger partial charge in [-0.2, -0.15) is 0 Å². The summed E-state index contributed by atoms with van der Waals surface area (Å²) in [7, 11) is 0. The first-order valence-corrected chi connectivity index (χ1v) is 10.1. The van der Waals surface area contributed by atoms with Crippen LogP contribution < -0.4 is 10.1 Å². The highest BCUT2D eigenvalue weighted by Crippen LogP contribution is 2.39. The van der Waals surface area contributed by atoms with Gasteiger partial charge in [-0.1, -0.05) is 6.07 Å². The Labute approximate surface area is 153 Å². The molecule has 2 aromatic heterocycles. The van der Waals surface area contributed by atoms with Crippen LogP contribution in [0, 0.1) is 0 Å². The lowest BCUT2D eigenvalue weighted by Crippen LogP contribution is -2.20. The van der Waals surface area contributed by atoms with E-state index in [1.165, 1.54) is 16.8 Å². The topological polar surface area (TPSA) is 64.1 Å². The molecule has 1 aliphatic carbocycles. The maximum atomic E-state index is 12.2. The fraction of sp³-hybridized carbons (Fsp3) is 0.278. The Hall–Kier alpha value is -2.12. The summed E-state index contributed by atoms with van der Waals surface area (Å²) in [4.78, 5) is 24.2. The molecule has 5 nitrogen and oxygen atoms in total. The van der Waals surface area contributed by atoms with Gasteiger partial charge in [0.1, 0.15) is 11.2 Å². The molecule has 1 aliphatic rings. The molecule has 0 unspecified atom stereocenters. The summed E-state index contributed by atoms with van der Waals surface area (Å²) >= 11 is 3.34. The molecule has 7 heteroatoms. The van der Waals surface area contributed by atoms with Crippen LogP contribution in [0.1, 0.15) is 16.9 Å². The fourth-order valence-corrected chi connectivity index (χ4v) is 4.72. The molecule has 0 spiro atoms. The minimum absolute atomic E-state index is 0.0692. The highest BCUT2D eigenvalue weighted by molar-refractivity contribution is 7.98. The maximum absolute atomic E-state index is 12.2. The second-order valence-electron chi connectivity index (χ2n) is 5.79. The lowest BCUT2D eigenvalue weighted by molar-refractivity contribution is -0.118. The molecule has 0 saturated heterocycles. The van der Waals surface area contributed by atoms with Crippen molar-refractivity contribution in [3.63, 3.8) is 0 Å². The van der Waals surface area contributed by atoms with E-state index in [2.05, 4.69) is 15.3 Å². The number of ether oxygens (including phenoxy) is 1. The van der Waals surface area contributed by atoms with Crippen LogP contribution in [-0.4, -0.2) is 28.7 Å². The molecule has 1 N–H and O–H groups in total. The second-order valence-corrected chi connectivity index (χ2v) is 7.75. The lowest BCUT2D eigenvalue weighted by atomic mass is 10.2. The number of rotatable bonds is 5. The van der Waals surface area contributed by atoms with Gasteiger partial charge in [0.05, 0.1) is 5.39 Å². The molecular weight excluding hydrogens is 354 g/mol. The minimum atomic E-state index is -0.197. The summed E-state index contributed by atoms with van der Waals surface area (Å²) in [5.74, 6) is 0.314. The molecule has 25 heavy (non-hydrogen) atoms.